The van der Waals surface area contributed by atoms with Crippen LogP contribution in [0.1, 0.15) is 40.9 Å². The van der Waals surface area contributed by atoms with E-state index >= 15 is 0 Å². The standard InChI is InChI=1S/C23H21NO3/c1-15-12-19-21(23(25)26-15)22-18(17-10-6-3-7-11-17)13-20(27-22)24(19)14-16-8-4-2-5-9-16/h2-12,18,20,22H,13-14H2,1H3/t18-,20-,22+/m1/s1. The Morgan fingerprint density at radius 2 is 1.74 bits per heavy atom. The minimum absolute atomic E-state index is 0.0471. The van der Waals surface area contributed by atoms with Crippen LogP contribution in [0.25, 0.3) is 0 Å². The molecular formula is C23H21NO3. The fraction of sp³-hybridized carbons (Fsp3) is 0.261. The number of aryl methyl sites for hydroxylation is 1. The molecule has 4 heteroatoms. The van der Waals surface area contributed by atoms with Gasteiger partial charge in [-0.05, 0) is 18.1 Å². The van der Waals surface area contributed by atoms with Gasteiger partial charge in [0.15, 0.2) is 0 Å². The highest BCUT2D eigenvalue weighted by atomic mass is 16.5. The zero-order valence-electron chi connectivity index (χ0n) is 15.2. The Kier molecular flexibility index (Phi) is 3.87. The smallest absolute Gasteiger partial charge is 0.343 e. The summed E-state index contributed by atoms with van der Waals surface area (Å²) in [6.07, 6.45) is 0.555. The Balaban J connectivity index is 1.62. The van der Waals surface area contributed by atoms with Crippen molar-refractivity contribution in [3.8, 4) is 0 Å². The van der Waals surface area contributed by atoms with E-state index in [4.69, 9.17) is 9.15 Å². The topological polar surface area (TPSA) is 42.7 Å². The van der Waals surface area contributed by atoms with Crippen LogP contribution in [0.15, 0.2) is 75.9 Å². The molecule has 3 atom stereocenters. The zero-order valence-corrected chi connectivity index (χ0v) is 15.2. The van der Waals surface area contributed by atoms with Gasteiger partial charge in [-0.25, -0.2) is 4.79 Å². The van der Waals surface area contributed by atoms with Gasteiger partial charge in [0, 0.05) is 24.9 Å². The molecule has 2 aliphatic heterocycles. The van der Waals surface area contributed by atoms with Gasteiger partial charge < -0.3 is 14.1 Å². The molecule has 3 aromatic rings. The van der Waals surface area contributed by atoms with Gasteiger partial charge in [-0.1, -0.05) is 60.7 Å². The number of nitrogens with zero attached hydrogens (tertiary/aromatic N) is 1. The van der Waals surface area contributed by atoms with Crippen molar-refractivity contribution < 1.29 is 9.15 Å². The first-order valence-corrected chi connectivity index (χ1v) is 9.36. The molecule has 0 unspecified atom stereocenters. The van der Waals surface area contributed by atoms with Gasteiger partial charge in [0.25, 0.3) is 0 Å². The van der Waals surface area contributed by atoms with Crippen molar-refractivity contribution in [1.82, 2.24) is 0 Å². The van der Waals surface area contributed by atoms with E-state index in [0.717, 1.165) is 12.1 Å². The first-order valence-electron chi connectivity index (χ1n) is 9.36. The maximum Gasteiger partial charge on any atom is 0.343 e. The molecule has 0 radical (unpaired) electrons. The van der Waals surface area contributed by atoms with Crippen LogP contribution in [0.5, 0.6) is 0 Å². The van der Waals surface area contributed by atoms with Gasteiger partial charge in [0.2, 0.25) is 0 Å². The Labute approximate surface area is 158 Å². The van der Waals surface area contributed by atoms with Crippen LogP contribution in [-0.2, 0) is 11.3 Å². The second-order valence-electron chi connectivity index (χ2n) is 7.32. The number of anilines is 1. The Bertz CT molecular complexity index is 1010. The molecule has 27 heavy (non-hydrogen) atoms. The van der Waals surface area contributed by atoms with E-state index in [2.05, 4.69) is 29.2 Å². The summed E-state index contributed by atoms with van der Waals surface area (Å²) in [6, 6.07) is 22.6. The fourth-order valence-corrected chi connectivity index (χ4v) is 4.37. The molecule has 2 aromatic carbocycles. The zero-order chi connectivity index (χ0) is 18.4. The van der Waals surface area contributed by atoms with Crippen LogP contribution in [0.3, 0.4) is 0 Å². The minimum atomic E-state index is -0.283. The average Bonchev–Trinajstić information content (AvgIpc) is 3.06. The fourth-order valence-electron chi connectivity index (χ4n) is 4.37. The van der Waals surface area contributed by atoms with E-state index in [1.807, 2.05) is 49.4 Å². The van der Waals surface area contributed by atoms with E-state index in [9.17, 15) is 4.79 Å². The number of ether oxygens (including phenoxy) is 1. The van der Waals surface area contributed by atoms with Crippen LogP contribution in [0.2, 0.25) is 0 Å². The lowest BCUT2D eigenvalue weighted by Gasteiger charge is -2.36. The predicted octanol–water partition coefficient (Wildman–Crippen LogP) is 4.54. The maximum absolute atomic E-state index is 12.8. The Morgan fingerprint density at radius 1 is 1.04 bits per heavy atom. The lowest BCUT2D eigenvalue weighted by atomic mass is 9.89. The quantitative estimate of drug-likeness (QED) is 0.689. The third kappa shape index (κ3) is 2.77. The van der Waals surface area contributed by atoms with Crippen LogP contribution in [0, 0.1) is 6.92 Å². The van der Waals surface area contributed by atoms with Gasteiger partial charge in [0.1, 0.15) is 18.1 Å². The predicted molar refractivity (Wildman–Crippen MR) is 104 cm³/mol. The van der Waals surface area contributed by atoms with Crippen LogP contribution >= 0.6 is 0 Å². The third-order valence-electron chi connectivity index (χ3n) is 5.58. The van der Waals surface area contributed by atoms with Crippen molar-refractivity contribution in [3.05, 3.63) is 99.6 Å². The summed E-state index contributed by atoms with van der Waals surface area (Å²) < 4.78 is 11.8. The number of hydrogen-bond acceptors (Lipinski definition) is 4. The summed E-state index contributed by atoms with van der Waals surface area (Å²) in [5, 5.41) is 0. The normalized spacial score (nSPS) is 23.3. The highest BCUT2D eigenvalue weighted by molar-refractivity contribution is 5.58. The second kappa shape index (κ2) is 6.39. The van der Waals surface area contributed by atoms with Gasteiger partial charge in [0.05, 0.1) is 11.3 Å². The first kappa shape index (κ1) is 16.3. The second-order valence-corrected chi connectivity index (χ2v) is 7.32. The first-order chi connectivity index (χ1) is 13.2. The molecule has 0 saturated carbocycles. The van der Waals surface area contributed by atoms with E-state index < -0.39 is 0 Å². The summed E-state index contributed by atoms with van der Waals surface area (Å²) in [7, 11) is 0. The molecule has 0 N–H and O–H groups in total. The van der Waals surface area contributed by atoms with Gasteiger partial charge in [-0.15, -0.1) is 0 Å². The largest absolute Gasteiger partial charge is 0.428 e. The summed E-state index contributed by atoms with van der Waals surface area (Å²) in [5.41, 5.74) is 3.72. The van der Waals surface area contributed by atoms with Crippen LogP contribution in [0.4, 0.5) is 5.69 Å². The summed E-state index contributed by atoms with van der Waals surface area (Å²) in [6.45, 7) is 2.53. The van der Waals surface area contributed by atoms with E-state index in [-0.39, 0.29) is 23.9 Å². The molecule has 2 aliphatic rings. The maximum atomic E-state index is 12.8. The minimum Gasteiger partial charge on any atom is -0.428 e. The lowest BCUT2D eigenvalue weighted by Crippen LogP contribution is -2.39. The van der Waals surface area contributed by atoms with Crippen LogP contribution < -0.4 is 10.5 Å². The van der Waals surface area contributed by atoms with Crippen molar-refractivity contribution in [3.63, 3.8) is 0 Å². The molecule has 136 valence electrons. The monoisotopic (exact) mass is 359 g/mol. The van der Waals surface area contributed by atoms with E-state index in [1.165, 1.54) is 11.1 Å². The van der Waals surface area contributed by atoms with Crippen LogP contribution in [-0.4, -0.2) is 6.23 Å². The third-order valence-corrected chi connectivity index (χ3v) is 5.58. The Hall–Kier alpha value is -2.85. The highest BCUT2D eigenvalue weighted by Gasteiger charge is 2.47. The molecule has 0 spiro atoms. The molecule has 4 nitrogen and oxygen atoms in total. The summed E-state index contributed by atoms with van der Waals surface area (Å²) in [5.74, 6) is 0.788. The molecule has 5 rings (SSSR count). The summed E-state index contributed by atoms with van der Waals surface area (Å²) >= 11 is 0. The SMILES string of the molecule is Cc1cc2c(c(=O)o1)[C@H]1O[C@H](C[C@@H]1c1ccccc1)N2Cc1ccccc1. The van der Waals surface area contributed by atoms with Crippen molar-refractivity contribution >= 4 is 5.69 Å². The van der Waals surface area contributed by atoms with E-state index in [0.29, 0.717) is 17.9 Å². The molecule has 1 saturated heterocycles. The summed E-state index contributed by atoms with van der Waals surface area (Å²) in [4.78, 5) is 15.0. The highest BCUT2D eigenvalue weighted by Crippen LogP contribution is 2.52. The molecule has 1 fully saturated rings. The molecular weight excluding hydrogens is 338 g/mol. The Morgan fingerprint density at radius 3 is 2.48 bits per heavy atom. The van der Waals surface area contributed by atoms with E-state index in [1.54, 1.807) is 0 Å². The van der Waals surface area contributed by atoms with Gasteiger partial charge >= 0.3 is 5.63 Å². The molecule has 0 aliphatic carbocycles. The number of benzene rings is 2. The molecule has 1 aromatic heterocycles. The van der Waals surface area contributed by atoms with Crippen molar-refractivity contribution in [1.29, 1.82) is 0 Å². The average molecular weight is 359 g/mol. The van der Waals surface area contributed by atoms with Crippen molar-refractivity contribution in [2.45, 2.75) is 38.1 Å². The van der Waals surface area contributed by atoms with Crippen molar-refractivity contribution in [2.24, 2.45) is 0 Å². The molecule has 0 amide bonds. The molecule has 3 heterocycles. The van der Waals surface area contributed by atoms with Gasteiger partial charge in [-0.3, -0.25) is 0 Å². The lowest BCUT2D eigenvalue weighted by molar-refractivity contribution is 0.0248. The van der Waals surface area contributed by atoms with Gasteiger partial charge in [-0.2, -0.15) is 0 Å². The van der Waals surface area contributed by atoms with Crippen molar-refractivity contribution in [2.75, 3.05) is 4.90 Å². The number of hydrogen-bond donors (Lipinski definition) is 0. The number of rotatable bonds is 3. The number of fused-ring (bicyclic) bond motifs is 4. The molecule has 2 bridgehead atoms.